The van der Waals surface area contributed by atoms with E-state index in [1.807, 2.05) is 36.7 Å². The van der Waals surface area contributed by atoms with E-state index < -0.39 is 19.0 Å². The van der Waals surface area contributed by atoms with Crippen LogP contribution in [-0.4, -0.2) is 42.1 Å². The minimum absolute atomic E-state index is 0.0350. The molecule has 1 heterocycles. The zero-order valence-corrected chi connectivity index (χ0v) is 22.5. The third-order valence-corrected chi connectivity index (χ3v) is 7.29. The first-order valence-corrected chi connectivity index (χ1v) is 14.2. The predicted molar refractivity (Wildman–Crippen MR) is 142 cm³/mol. The molecule has 212 valence electrons. The molecular formula is C30H42F4N2O2. The van der Waals surface area contributed by atoms with Crippen molar-refractivity contribution in [3.05, 3.63) is 42.5 Å². The summed E-state index contributed by atoms with van der Waals surface area (Å²) >= 11 is 0. The van der Waals surface area contributed by atoms with Crippen LogP contribution in [0.2, 0.25) is 0 Å². The Balaban J connectivity index is 1.33. The number of hydrogen-bond donors (Lipinski definition) is 0. The lowest BCUT2D eigenvalue weighted by Gasteiger charge is -2.27. The van der Waals surface area contributed by atoms with Crippen LogP contribution in [0, 0.1) is 5.92 Å². The van der Waals surface area contributed by atoms with Crippen LogP contribution in [0.15, 0.2) is 36.7 Å². The maximum atomic E-state index is 14.1. The van der Waals surface area contributed by atoms with Gasteiger partial charge in [0, 0.05) is 30.5 Å². The zero-order valence-electron chi connectivity index (χ0n) is 22.5. The molecule has 0 bridgehead atoms. The molecule has 4 nitrogen and oxygen atoms in total. The van der Waals surface area contributed by atoms with Crippen molar-refractivity contribution in [1.29, 1.82) is 0 Å². The van der Waals surface area contributed by atoms with Crippen molar-refractivity contribution in [3.8, 4) is 16.9 Å². The molecule has 0 aliphatic heterocycles. The van der Waals surface area contributed by atoms with Gasteiger partial charge in [0.1, 0.15) is 31.0 Å². The summed E-state index contributed by atoms with van der Waals surface area (Å²) in [5.41, 5.74) is 1.92. The monoisotopic (exact) mass is 538 g/mol. The van der Waals surface area contributed by atoms with E-state index in [9.17, 15) is 17.6 Å². The summed E-state index contributed by atoms with van der Waals surface area (Å²) in [4.78, 5) is 9.35. The standard InChI is InChI=1S/C30H42F4N2O2/c1-2-3-5-8-23-10-12-25(13-11-23)29-35-19-26(20-36-29)24-14-16-28(17-15-24)38-21-27(31)9-6-4-7-18-37-22-30(32,33)34/h14-17,19-20,23,25,27H,2-13,18,21-22H2,1H3. The number of rotatable bonds is 16. The normalized spacial score (nSPS) is 18.9. The van der Waals surface area contributed by atoms with Crippen molar-refractivity contribution >= 4 is 0 Å². The molecule has 1 atom stereocenters. The lowest BCUT2D eigenvalue weighted by Crippen LogP contribution is -2.17. The van der Waals surface area contributed by atoms with Gasteiger partial charge in [-0.2, -0.15) is 13.2 Å². The average Bonchev–Trinajstić information content (AvgIpc) is 2.92. The van der Waals surface area contributed by atoms with Crippen LogP contribution in [0.3, 0.4) is 0 Å². The fourth-order valence-corrected chi connectivity index (χ4v) is 5.04. The van der Waals surface area contributed by atoms with Crippen LogP contribution >= 0.6 is 0 Å². The maximum Gasteiger partial charge on any atom is 0.411 e. The van der Waals surface area contributed by atoms with Gasteiger partial charge in [-0.3, -0.25) is 0 Å². The van der Waals surface area contributed by atoms with Gasteiger partial charge in [-0.05, 0) is 62.1 Å². The van der Waals surface area contributed by atoms with Crippen LogP contribution in [-0.2, 0) is 4.74 Å². The number of benzene rings is 1. The molecule has 1 aromatic heterocycles. The molecule has 38 heavy (non-hydrogen) atoms. The fraction of sp³-hybridized carbons (Fsp3) is 0.667. The SMILES string of the molecule is CCCCCC1CCC(c2ncc(-c3ccc(OCC(F)CCCCCOCC(F)(F)F)cc3)cn2)CC1. The summed E-state index contributed by atoms with van der Waals surface area (Å²) in [6.45, 7) is 1.00. The van der Waals surface area contributed by atoms with E-state index in [1.54, 1.807) is 0 Å². The minimum atomic E-state index is -4.30. The predicted octanol–water partition coefficient (Wildman–Crippen LogP) is 8.85. The molecule has 0 saturated heterocycles. The van der Waals surface area contributed by atoms with E-state index in [2.05, 4.69) is 21.6 Å². The first-order chi connectivity index (χ1) is 18.3. The van der Waals surface area contributed by atoms with E-state index in [0.717, 1.165) is 22.9 Å². The van der Waals surface area contributed by atoms with E-state index in [-0.39, 0.29) is 13.2 Å². The Hall–Kier alpha value is -2.22. The smallest absolute Gasteiger partial charge is 0.411 e. The molecule has 0 amide bonds. The Morgan fingerprint density at radius 2 is 1.61 bits per heavy atom. The summed E-state index contributed by atoms with van der Waals surface area (Å²) in [5, 5.41) is 0. The van der Waals surface area contributed by atoms with Crippen molar-refractivity contribution in [1.82, 2.24) is 9.97 Å². The van der Waals surface area contributed by atoms with Crippen molar-refractivity contribution in [3.63, 3.8) is 0 Å². The number of hydrogen-bond acceptors (Lipinski definition) is 4. The number of alkyl halides is 4. The quantitative estimate of drug-likeness (QED) is 0.158. The molecular weight excluding hydrogens is 496 g/mol. The molecule has 1 saturated carbocycles. The highest BCUT2D eigenvalue weighted by atomic mass is 19.4. The molecule has 1 aliphatic rings. The Labute approximate surface area is 224 Å². The first kappa shape index (κ1) is 30.3. The second-order valence-electron chi connectivity index (χ2n) is 10.5. The Morgan fingerprint density at radius 1 is 0.895 bits per heavy atom. The van der Waals surface area contributed by atoms with Gasteiger partial charge in [0.15, 0.2) is 0 Å². The molecule has 8 heteroatoms. The Morgan fingerprint density at radius 3 is 2.26 bits per heavy atom. The van der Waals surface area contributed by atoms with Gasteiger partial charge >= 0.3 is 6.18 Å². The summed E-state index contributed by atoms with van der Waals surface area (Å²) in [5.74, 6) is 2.86. The van der Waals surface area contributed by atoms with E-state index in [1.165, 1.54) is 51.4 Å². The zero-order chi connectivity index (χ0) is 27.2. The van der Waals surface area contributed by atoms with E-state index in [0.29, 0.717) is 37.4 Å². The first-order valence-electron chi connectivity index (χ1n) is 14.2. The number of halogens is 4. The molecule has 0 radical (unpaired) electrons. The summed E-state index contributed by atoms with van der Waals surface area (Å²) < 4.78 is 60.2. The molecule has 3 rings (SSSR count). The van der Waals surface area contributed by atoms with Crippen LogP contribution in [0.1, 0.15) is 95.7 Å². The third-order valence-electron chi connectivity index (χ3n) is 7.29. The third kappa shape index (κ3) is 11.3. The van der Waals surface area contributed by atoms with Gasteiger partial charge in [0.05, 0.1) is 0 Å². The minimum Gasteiger partial charge on any atom is -0.491 e. The van der Waals surface area contributed by atoms with Crippen molar-refractivity contribution in [2.45, 2.75) is 102 Å². The summed E-state index contributed by atoms with van der Waals surface area (Å²) in [6.07, 6.45) is 10.6. The Bertz CT molecular complexity index is 898. The van der Waals surface area contributed by atoms with Crippen LogP contribution < -0.4 is 4.74 Å². The number of ether oxygens (including phenoxy) is 2. The average molecular weight is 539 g/mol. The second kappa shape index (κ2) is 16.0. The lowest BCUT2D eigenvalue weighted by molar-refractivity contribution is -0.174. The second-order valence-corrected chi connectivity index (χ2v) is 10.5. The number of unbranched alkanes of at least 4 members (excludes halogenated alkanes) is 4. The van der Waals surface area contributed by atoms with Gasteiger partial charge in [0.25, 0.3) is 0 Å². The van der Waals surface area contributed by atoms with Gasteiger partial charge in [-0.15, -0.1) is 0 Å². The number of nitrogens with zero attached hydrogens (tertiary/aromatic N) is 2. The molecule has 1 unspecified atom stereocenters. The van der Waals surface area contributed by atoms with Crippen molar-refractivity contribution < 1.29 is 27.0 Å². The molecule has 1 aliphatic carbocycles. The number of aromatic nitrogens is 2. The van der Waals surface area contributed by atoms with Crippen LogP contribution in [0.25, 0.3) is 11.1 Å². The highest BCUT2D eigenvalue weighted by Crippen LogP contribution is 2.36. The van der Waals surface area contributed by atoms with E-state index in [4.69, 9.17) is 4.74 Å². The van der Waals surface area contributed by atoms with Crippen LogP contribution in [0.5, 0.6) is 5.75 Å². The highest BCUT2D eigenvalue weighted by molar-refractivity contribution is 5.62. The van der Waals surface area contributed by atoms with E-state index >= 15 is 0 Å². The summed E-state index contributed by atoms with van der Waals surface area (Å²) in [6, 6.07) is 7.47. The van der Waals surface area contributed by atoms with Gasteiger partial charge in [-0.1, -0.05) is 57.6 Å². The van der Waals surface area contributed by atoms with Crippen LogP contribution in [0.4, 0.5) is 17.6 Å². The molecule has 1 aromatic carbocycles. The lowest BCUT2D eigenvalue weighted by atomic mass is 9.79. The Kier molecular flexibility index (Phi) is 12.8. The fourth-order valence-electron chi connectivity index (χ4n) is 5.04. The van der Waals surface area contributed by atoms with Gasteiger partial charge in [-0.25, -0.2) is 14.4 Å². The molecule has 1 fully saturated rings. The summed E-state index contributed by atoms with van der Waals surface area (Å²) in [7, 11) is 0. The largest absolute Gasteiger partial charge is 0.491 e. The van der Waals surface area contributed by atoms with Crippen molar-refractivity contribution in [2.75, 3.05) is 19.8 Å². The highest BCUT2D eigenvalue weighted by Gasteiger charge is 2.27. The van der Waals surface area contributed by atoms with Crippen molar-refractivity contribution in [2.24, 2.45) is 5.92 Å². The molecule has 0 N–H and O–H groups in total. The molecule has 2 aromatic rings. The topological polar surface area (TPSA) is 44.2 Å². The van der Waals surface area contributed by atoms with Gasteiger partial charge < -0.3 is 9.47 Å². The maximum absolute atomic E-state index is 14.1. The van der Waals surface area contributed by atoms with Gasteiger partial charge in [0.2, 0.25) is 0 Å². The molecule has 0 spiro atoms.